The summed E-state index contributed by atoms with van der Waals surface area (Å²) in [6.07, 6.45) is -8.85. The number of hydrogen-bond acceptors (Lipinski definition) is 3. The number of rotatable bonds is 2. The molecule has 0 atom stereocenters. The van der Waals surface area contributed by atoms with Crippen LogP contribution in [-0.2, 0) is 12.4 Å². The predicted octanol–water partition coefficient (Wildman–Crippen LogP) is 3.73. The molecule has 28 heavy (non-hydrogen) atoms. The van der Waals surface area contributed by atoms with E-state index < -0.39 is 46.2 Å². The summed E-state index contributed by atoms with van der Waals surface area (Å²) < 4.78 is 78.6. The zero-order chi connectivity index (χ0) is 21.0. The van der Waals surface area contributed by atoms with Crippen LogP contribution in [0, 0.1) is 6.92 Å². The molecule has 0 aliphatic heterocycles. The van der Waals surface area contributed by atoms with Gasteiger partial charge in [-0.2, -0.15) is 31.4 Å². The number of aryl methyl sites for hydroxylation is 1. The quantitative estimate of drug-likeness (QED) is 0.636. The van der Waals surface area contributed by atoms with Gasteiger partial charge < -0.3 is 10.1 Å². The highest BCUT2D eigenvalue weighted by molar-refractivity contribution is 5.90. The number of benzene rings is 1. The molecule has 6 nitrogen and oxygen atoms in total. The Morgan fingerprint density at radius 3 is 2.29 bits per heavy atom. The number of H-pyrrole nitrogens is 1. The lowest BCUT2D eigenvalue weighted by Crippen LogP contribution is -2.17. The van der Waals surface area contributed by atoms with E-state index in [2.05, 4.69) is 10.1 Å². The zero-order valence-corrected chi connectivity index (χ0v) is 13.7. The average Bonchev–Trinajstić information content (AvgIpc) is 2.94. The van der Waals surface area contributed by atoms with Crippen molar-refractivity contribution in [1.29, 1.82) is 0 Å². The van der Waals surface area contributed by atoms with E-state index in [0.717, 1.165) is 24.4 Å². The summed E-state index contributed by atoms with van der Waals surface area (Å²) in [4.78, 5) is 25.4. The van der Waals surface area contributed by atoms with E-state index in [1.807, 2.05) is 0 Å². The first-order valence-corrected chi connectivity index (χ1v) is 7.45. The molecule has 0 aliphatic carbocycles. The van der Waals surface area contributed by atoms with Crippen LogP contribution in [0.2, 0.25) is 0 Å². The van der Waals surface area contributed by atoms with Crippen molar-refractivity contribution < 1.29 is 36.2 Å². The lowest BCUT2D eigenvalue weighted by Gasteiger charge is -2.12. The number of nitrogens with zero attached hydrogens (tertiary/aromatic N) is 2. The molecule has 1 aromatic carbocycles. The third kappa shape index (κ3) is 3.21. The van der Waals surface area contributed by atoms with Crippen molar-refractivity contribution in [3.8, 4) is 11.3 Å². The number of nitrogens with one attached hydrogen (secondary N) is 1. The molecule has 0 fully saturated rings. The molecule has 0 saturated heterocycles. The van der Waals surface area contributed by atoms with Crippen LogP contribution in [0.15, 0.2) is 29.2 Å². The van der Waals surface area contributed by atoms with Gasteiger partial charge in [0.15, 0.2) is 5.69 Å². The molecular weight excluding hydrogens is 396 g/mol. The van der Waals surface area contributed by atoms with Gasteiger partial charge in [0.1, 0.15) is 11.1 Å². The van der Waals surface area contributed by atoms with Gasteiger partial charge in [0.05, 0.1) is 17.5 Å². The maximum atomic E-state index is 13.2. The maximum absolute atomic E-state index is 13.2. The van der Waals surface area contributed by atoms with Crippen LogP contribution in [-0.4, -0.2) is 25.7 Å². The van der Waals surface area contributed by atoms with Crippen LogP contribution < -0.4 is 5.56 Å². The highest BCUT2D eigenvalue weighted by Crippen LogP contribution is 2.35. The summed E-state index contributed by atoms with van der Waals surface area (Å²) in [6.45, 7) is 1.18. The van der Waals surface area contributed by atoms with E-state index in [4.69, 9.17) is 5.11 Å². The molecule has 3 rings (SSSR count). The topological polar surface area (TPSA) is 87.5 Å². The van der Waals surface area contributed by atoms with Crippen LogP contribution in [0.25, 0.3) is 16.8 Å². The first-order valence-electron chi connectivity index (χ1n) is 7.45. The number of aromatic nitrogens is 3. The summed E-state index contributed by atoms with van der Waals surface area (Å²) in [7, 11) is 0. The molecule has 0 saturated carbocycles. The van der Waals surface area contributed by atoms with Crippen LogP contribution in [0.1, 0.15) is 27.2 Å². The molecule has 0 radical (unpaired) electrons. The number of alkyl halides is 6. The van der Waals surface area contributed by atoms with Crippen molar-refractivity contribution >= 4 is 11.5 Å². The number of fused-ring (bicyclic) bond motifs is 1. The van der Waals surface area contributed by atoms with Gasteiger partial charge in [-0.1, -0.05) is 6.07 Å². The minimum absolute atomic E-state index is 0.0745. The Bertz CT molecular complexity index is 1160. The highest BCUT2D eigenvalue weighted by atomic mass is 19.4. The first kappa shape index (κ1) is 19.5. The number of aromatic amines is 1. The van der Waals surface area contributed by atoms with Gasteiger partial charge >= 0.3 is 18.3 Å². The molecule has 12 heteroatoms. The SMILES string of the molecule is Cc1cc(-c2cn3nc(C(=O)O)c(C(F)(F)F)c3c(=O)[nH]2)ccc1C(F)(F)F. The molecule has 2 N–H and O–H groups in total. The Labute approximate surface area is 151 Å². The van der Waals surface area contributed by atoms with Gasteiger partial charge in [-0.25, -0.2) is 9.31 Å². The molecule has 2 aromatic heterocycles. The van der Waals surface area contributed by atoms with Crippen molar-refractivity contribution in [2.24, 2.45) is 0 Å². The molecular formula is C16H9F6N3O3. The molecule has 3 aromatic rings. The van der Waals surface area contributed by atoms with Crippen molar-refractivity contribution in [3.05, 3.63) is 57.1 Å². The molecule has 0 bridgehead atoms. The van der Waals surface area contributed by atoms with Gasteiger partial charge in [-0.05, 0) is 30.2 Å². The first-order chi connectivity index (χ1) is 12.8. The van der Waals surface area contributed by atoms with Gasteiger partial charge in [0, 0.05) is 0 Å². The number of aromatic carboxylic acids is 1. The largest absolute Gasteiger partial charge is 0.476 e. The van der Waals surface area contributed by atoms with E-state index in [1.165, 1.54) is 6.92 Å². The van der Waals surface area contributed by atoms with Crippen LogP contribution >= 0.6 is 0 Å². The summed E-state index contributed by atoms with van der Waals surface area (Å²) in [5.74, 6) is -1.98. The minimum atomic E-state index is -5.16. The van der Waals surface area contributed by atoms with E-state index in [9.17, 15) is 35.9 Å². The van der Waals surface area contributed by atoms with E-state index in [1.54, 1.807) is 0 Å². The fraction of sp³-hybridized carbons (Fsp3) is 0.188. The molecule has 0 unspecified atom stereocenters. The van der Waals surface area contributed by atoms with Crippen molar-refractivity contribution in [1.82, 2.24) is 14.6 Å². The summed E-state index contributed by atoms with van der Waals surface area (Å²) in [6, 6.07) is 2.88. The lowest BCUT2D eigenvalue weighted by atomic mass is 10.0. The normalized spacial score (nSPS) is 12.5. The number of halogens is 6. The number of carbonyl (C=O) groups is 1. The number of carboxylic acid groups (broad SMARTS) is 1. The fourth-order valence-corrected chi connectivity index (χ4v) is 2.80. The Balaban J connectivity index is 2.25. The van der Waals surface area contributed by atoms with Gasteiger partial charge in [-0.15, -0.1) is 0 Å². The Hall–Kier alpha value is -3.31. The minimum Gasteiger partial charge on any atom is -0.476 e. The Kier molecular flexibility index (Phi) is 4.24. The zero-order valence-electron chi connectivity index (χ0n) is 13.7. The maximum Gasteiger partial charge on any atom is 0.421 e. The molecule has 0 spiro atoms. The predicted molar refractivity (Wildman–Crippen MR) is 82.9 cm³/mol. The van der Waals surface area contributed by atoms with Gasteiger partial charge in [-0.3, -0.25) is 4.79 Å². The third-order valence-corrected chi connectivity index (χ3v) is 3.95. The highest BCUT2D eigenvalue weighted by Gasteiger charge is 2.41. The van der Waals surface area contributed by atoms with Crippen LogP contribution in [0.4, 0.5) is 26.3 Å². The second-order valence-corrected chi connectivity index (χ2v) is 5.84. The summed E-state index contributed by atoms with van der Waals surface area (Å²) in [5.41, 5.74) is -6.54. The number of carboxylic acids is 1. The fourth-order valence-electron chi connectivity index (χ4n) is 2.80. The van der Waals surface area contributed by atoms with Crippen molar-refractivity contribution in [3.63, 3.8) is 0 Å². The Morgan fingerprint density at radius 2 is 1.79 bits per heavy atom. The lowest BCUT2D eigenvalue weighted by molar-refractivity contribution is -0.138. The second kappa shape index (κ2) is 6.11. The molecule has 2 heterocycles. The third-order valence-electron chi connectivity index (χ3n) is 3.95. The standard InChI is InChI=1S/C16H9F6N3O3/c1-6-4-7(2-3-8(6)15(17,18)19)9-5-25-12(13(26)23-9)10(16(20,21)22)11(24-25)14(27)28/h2-5H,1H3,(H,23,26)(H,27,28). The van der Waals surface area contributed by atoms with Gasteiger partial charge in [0.25, 0.3) is 5.56 Å². The molecule has 148 valence electrons. The van der Waals surface area contributed by atoms with Crippen molar-refractivity contribution in [2.45, 2.75) is 19.3 Å². The monoisotopic (exact) mass is 405 g/mol. The molecule has 0 aliphatic rings. The Morgan fingerprint density at radius 1 is 1.14 bits per heavy atom. The van der Waals surface area contributed by atoms with E-state index >= 15 is 0 Å². The summed E-state index contributed by atoms with van der Waals surface area (Å²) >= 11 is 0. The summed E-state index contributed by atoms with van der Waals surface area (Å²) in [5, 5.41) is 12.3. The molecule has 0 amide bonds. The number of hydrogen-bond donors (Lipinski definition) is 2. The van der Waals surface area contributed by atoms with Crippen LogP contribution in [0.5, 0.6) is 0 Å². The van der Waals surface area contributed by atoms with Crippen LogP contribution in [0.3, 0.4) is 0 Å². The van der Waals surface area contributed by atoms with Gasteiger partial charge in [0.2, 0.25) is 0 Å². The average molecular weight is 405 g/mol. The second-order valence-electron chi connectivity index (χ2n) is 5.84. The van der Waals surface area contributed by atoms with E-state index in [-0.39, 0.29) is 16.8 Å². The van der Waals surface area contributed by atoms with E-state index in [0.29, 0.717) is 4.52 Å². The smallest absolute Gasteiger partial charge is 0.421 e. The van der Waals surface area contributed by atoms with Crippen molar-refractivity contribution in [2.75, 3.05) is 0 Å².